The van der Waals surface area contributed by atoms with E-state index < -0.39 is 0 Å². The number of fused-ring (bicyclic) bond motifs is 1. The Morgan fingerprint density at radius 2 is 1.96 bits per heavy atom. The van der Waals surface area contributed by atoms with Crippen molar-refractivity contribution >= 4 is 5.91 Å². The van der Waals surface area contributed by atoms with Crippen LogP contribution in [0.1, 0.15) is 35.3 Å². The Kier molecular flexibility index (Phi) is 6.35. The van der Waals surface area contributed by atoms with E-state index in [0.717, 1.165) is 19.5 Å². The van der Waals surface area contributed by atoms with Gasteiger partial charge in [0, 0.05) is 31.2 Å². The monoisotopic (exact) mass is 368 g/mol. The van der Waals surface area contributed by atoms with E-state index in [4.69, 9.17) is 9.47 Å². The Hall–Kier alpha value is -2.53. The average Bonchev–Trinajstić information content (AvgIpc) is 2.71. The molecule has 27 heavy (non-hydrogen) atoms. The third-order valence-corrected chi connectivity index (χ3v) is 5.07. The van der Waals surface area contributed by atoms with Crippen molar-refractivity contribution in [3.63, 3.8) is 0 Å². The van der Waals surface area contributed by atoms with Crippen LogP contribution in [-0.4, -0.2) is 43.7 Å². The molecule has 0 aliphatic carbocycles. The lowest BCUT2D eigenvalue weighted by atomic mass is 9.99. The zero-order chi connectivity index (χ0) is 19.2. The summed E-state index contributed by atoms with van der Waals surface area (Å²) < 4.78 is 10.8. The third-order valence-electron chi connectivity index (χ3n) is 5.07. The molecule has 0 aromatic heterocycles. The van der Waals surface area contributed by atoms with E-state index in [1.54, 1.807) is 25.3 Å². The van der Waals surface area contributed by atoms with Crippen molar-refractivity contribution in [3.8, 4) is 11.5 Å². The van der Waals surface area contributed by atoms with Crippen molar-refractivity contribution in [1.82, 2.24) is 10.2 Å². The number of nitrogens with one attached hydrogen (secondary N) is 1. The van der Waals surface area contributed by atoms with E-state index in [0.29, 0.717) is 30.2 Å². The Morgan fingerprint density at radius 3 is 2.70 bits per heavy atom. The van der Waals surface area contributed by atoms with Gasteiger partial charge in [-0.05, 0) is 49.6 Å². The minimum atomic E-state index is -0.0946. The number of carbonyl (C=O) groups excluding carboxylic acids is 1. The van der Waals surface area contributed by atoms with Crippen LogP contribution >= 0.6 is 0 Å². The molecule has 5 nitrogen and oxygen atoms in total. The fourth-order valence-corrected chi connectivity index (χ4v) is 3.45. The number of carbonyl (C=O) groups is 1. The summed E-state index contributed by atoms with van der Waals surface area (Å²) in [5, 5.41) is 3.05. The second-order valence-corrected chi connectivity index (χ2v) is 6.85. The van der Waals surface area contributed by atoms with Gasteiger partial charge in [-0.15, -0.1) is 0 Å². The van der Waals surface area contributed by atoms with Gasteiger partial charge < -0.3 is 14.8 Å². The summed E-state index contributed by atoms with van der Waals surface area (Å²) in [6.07, 6.45) is 1.06. The number of hydrogen-bond donors (Lipinski definition) is 1. The van der Waals surface area contributed by atoms with Gasteiger partial charge in [-0.2, -0.15) is 0 Å². The number of methoxy groups -OCH3 is 1. The van der Waals surface area contributed by atoms with Crippen LogP contribution in [0.25, 0.3) is 0 Å². The highest BCUT2D eigenvalue weighted by molar-refractivity contribution is 5.94. The molecular formula is C22H28N2O3. The highest BCUT2D eigenvalue weighted by Crippen LogP contribution is 2.28. The first kappa shape index (κ1) is 19.2. The van der Waals surface area contributed by atoms with Gasteiger partial charge in [-0.1, -0.05) is 24.3 Å². The standard InChI is InChI=1S/C22H28N2O3/c1-4-27-21-13-18(9-10-20(21)26-3)22(25)23-14-16(2)24-12-11-17-7-5-6-8-19(17)15-24/h5-10,13,16H,4,11-12,14-15H2,1-3H3,(H,23,25). The summed E-state index contributed by atoms with van der Waals surface area (Å²) in [5.41, 5.74) is 3.40. The Morgan fingerprint density at radius 1 is 1.19 bits per heavy atom. The molecule has 0 saturated carbocycles. The maximum Gasteiger partial charge on any atom is 0.251 e. The van der Waals surface area contributed by atoms with Crippen LogP contribution in [0.3, 0.4) is 0 Å². The van der Waals surface area contributed by atoms with Gasteiger partial charge in [-0.3, -0.25) is 9.69 Å². The van der Waals surface area contributed by atoms with Crippen LogP contribution in [0.2, 0.25) is 0 Å². The van der Waals surface area contributed by atoms with Crippen LogP contribution < -0.4 is 14.8 Å². The Balaban J connectivity index is 1.58. The van der Waals surface area contributed by atoms with Gasteiger partial charge in [0.15, 0.2) is 11.5 Å². The molecule has 3 rings (SSSR count). The quantitative estimate of drug-likeness (QED) is 0.815. The number of hydrogen-bond acceptors (Lipinski definition) is 4. The van der Waals surface area contributed by atoms with Gasteiger partial charge in [-0.25, -0.2) is 0 Å². The van der Waals surface area contributed by atoms with Gasteiger partial charge in [0.2, 0.25) is 0 Å². The summed E-state index contributed by atoms with van der Waals surface area (Å²) in [4.78, 5) is 15.0. The van der Waals surface area contributed by atoms with Gasteiger partial charge in [0.1, 0.15) is 0 Å². The molecule has 0 saturated heterocycles. The molecule has 1 unspecified atom stereocenters. The minimum absolute atomic E-state index is 0.0946. The molecule has 0 bridgehead atoms. The topological polar surface area (TPSA) is 50.8 Å². The third kappa shape index (κ3) is 4.61. The fourth-order valence-electron chi connectivity index (χ4n) is 3.45. The molecule has 0 spiro atoms. The molecule has 1 atom stereocenters. The van der Waals surface area contributed by atoms with E-state index in [1.807, 2.05) is 6.92 Å². The molecule has 2 aromatic carbocycles. The molecule has 1 aliphatic rings. The van der Waals surface area contributed by atoms with Gasteiger partial charge in [0.05, 0.1) is 13.7 Å². The molecule has 144 valence electrons. The second kappa shape index (κ2) is 8.91. The van der Waals surface area contributed by atoms with Crippen molar-refractivity contribution in [2.75, 3.05) is 26.8 Å². The average molecular weight is 368 g/mol. The molecule has 1 N–H and O–H groups in total. The minimum Gasteiger partial charge on any atom is -0.493 e. The first-order valence-corrected chi connectivity index (χ1v) is 9.52. The molecule has 2 aromatic rings. The van der Waals surface area contributed by atoms with Crippen molar-refractivity contribution in [2.24, 2.45) is 0 Å². The maximum atomic E-state index is 12.6. The SMILES string of the molecule is CCOc1cc(C(=O)NCC(C)N2CCc3ccccc3C2)ccc1OC. The zero-order valence-corrected chi connectivity index (χ0v) is 16.3. The fraction of sp³-hybridized carbons (Fsp3) is 0.409. The summed E-state index contributed by atoms with van der Waals surface area (Å²) in [6.45, 7) is 7.15. The summed E-state index contributed by atoms with van der Waals surface area (Å²) >= 11 is 0. The first-order valence-electron chi connectivity index (χ1n) is 9.52. The molecule has 0 fully saturated rings. The van der Waals surface area contributed by atoms with Crippen molar-refractivity contribution in [3.05, 3.63) is 59.2 Å². The van der Waals surface area contributed by atoms with Crippen LogP contribution in [0, 0.1) is 0 Å². The predicted octanol–water partition coefficient (Wildman–Crippen LogP) is 3.27. The second-order valence-electron chi connectivity index (χ2n) is 6.85. The van der Waals surface area contributed by atoms with Crippen LogP contribution in [0.5, 0.6) is 11.5 Å². The van der Waals surface area contributed by atoms with E-state index in [2.05, 4.69) is 41.4 Å². The Bertz CT molecular complexity index is 791. The lowest BCUT2D eigenvalue weighted by Gasteiger charge is -2.33. The van der Waals surface area contributed by atoms with Gasteiger partial charge >= 0.3 is 0 Å². The molecule has 0 radical (unpaired) electrons. The smallest absolute Gasteiger partial charge is 0.251 e. The summed E-state index contributed by atoms with van der Waals surface area (Å²) in [6, 6.07) is 14.1. The number of amides is 1. The van der Waals surface area contributed by atoms with E-state index in [9.17, 15) is 4.79 Å². The number of ether oxygens (including phenoxy) is 2. The number of benzene rings is 2. The molecule has 1 heterocycles. The first-order chi connectivity index (χ1) is 13.1. The predicted molar refractivity (Wildman–Crippen MR) is 107 cm³/mol. The molecule has 5 heteroatoms. The largest absolute Gasteiger partial charge is 0.493 e. The maximum absolute atomic E-state index is 12.6. The van der Waals surface area contributed by atoms with Crippen molar-refractivity contribution in [2.45, 2.75) is 32.9 Å². The van der Waals surface area contributed by atoms with E-state index in [-0.39, 0.29) is 11.9 Å². The van der Waals surface area contributed by atoms with Crippen LogP contribution in [0.4, 0.5) is 0 Å². The lowest BCUT2D eigenvalue weighted by Crippen LogP contribution is -2.44. The lowest BCUT2D eigenvalue weighted by molar-refractivity contribution is 0.0932. The highest BCUT2D eigenvalue weighted by Gasteiger charge is 2.21. The normalized spacial score (nSPS) is 14.9. The highest BCUT2D eigenvalue weighted by atomic mass is 16.5. The van der Waals surface area contributed by atoms with Crippen LogP contribution in [-0.2, 0) is 13.0 Å². The number of rotatable bonds is 7. The van der Waals surface area contributed by atoms with Crippen LogP contribution in [0.15, 0.2) is 42.5 Å². The number of nitrogens with zero attached hydrogens (tertiary/aromatic N) is 1. The van der Waals surface area contributed by atoms with Crippen molar-refractivity contribution in [1.29, 1.82) is 0 Å². The van der Waals surface area contributed by atoms with E-state index in [1.165, 1.54) is 11.1 Å². The molecule has 1 aliphatic heterocycles. The Labute approximate surface area is 161 Å². The summed E-state index contributed by atoms with van der Waals surface area (Å²) in [7, 11) is 1.59. The molecular weight excluding hydrogens is 340 g/mol. The zero-order valence-electron chi connectivity index (χ0n) is 16.3. The van der Waals surface area contributed by atoms with E-state index >= 15 is 0 Å². The summed E-state index contributed by atoms with van der Waals surface area (Å²) in [5.74, 6) is 1.13. The molecule has 1 amide bonds. The van der Waals surface area contributed by atoms with Gasteiger partial charge in [0.25, 0.3) is 5.91 Å². The van der Waals surface area contributed by atoms with Crippen molar-refractivity contribution < 1.29 is 14.3 Å².